The number of nitrogens with two attached hydrogens (primary N) is 1. The van der Waals surface area contributed by atoms with Crippen LogP contribution in [-0.4, -0.2) is 11.7 Å². The molecular weight excluding hydrogens is 226 g/mol. The molecule has 2 atom stereocenters. The quantitative estimate of drug-likeness (QED) is 0.532. The van der Waals surface area contributed by atoms with Crippen LogP contribution < -0.4 is 11.1 Å². The molecule has 0 aliphatic carbocycles. The van der Waals surface area contributed by atoms with Gasteiger partial charge in [0.1, 0.15) is 5.84 Å². The van der Waals surface area contributed by atoms with E-state index in [1.807, 2.05) is 44.2 Å². The van der Waals surface area contributed by atoms with E-state index in [2.05, 4.69) is 5.32 Å². The Kier molecular flexibility index (Phi) is 5.36. The third-order valence-electron chi connectivity index (χ3n) is 3.03. The fourth-order valence-electron chi connectivity index (χ4n) is 1.93. The number of hydrogen-bond donors (Lipinski definition) is 3. The second kappa shape index (κ2) is 6.79. The first-order chi connectivity index (χ1) is 8.60. The molecule has 4 N–H and O–H groups in total. The zero-order chi connectivity index (χ0) is 13.5. The summed E-state index contributed by atoms with van der Waals surface area (Å²) >= 11 is 0. The van der Waals surface area contributed by atoms with E-state index in [-0.39, 0.29) is 17.8 Å². The van der Waals surface area contributed by atoms with Gasteiger partial charge in [0.25, 0.3) is 0 Å². The van der Waals surface area contributed by atoms with Gasteiger partial charge in [0.15, 0.2) is 0 Å². The van der Waals surface area contributed by atoms with E-state index in [4.69, 9.17) is 11.1 Å². The molecule has 0 aliphatic heterocycles. The average molecular weight is 247 g/mol. The molecule has 0 unspecified atom stereocenters. The second-order valence-corrected chi connectivity index (χ2v) is 4.30. The minimum Gasteiger partial charge on any atom is -0.387 e. The van der Waals surface area contributed by atoms with Crippen molar-refractivity contribution in [1.82, 2.24) is 5.32 Å². The molecule has 1 aromatic carbocycles. The van der Waals surface area contributed by atoms with Crippen LogP contribution in [0.15, 0.2) is 30.3 Å². The van der Waals surface area contributed by atoms with Crippen molar-refractivity contribution in [3.8, 4) is 0 Å². The Labute approximate surface area is 108 Å². The molecular formula is C14H21N3O. The van der Waals surface area contributed by atoms with E-state index in [1.54, 1.807) is 0 Å². The van der Waals surface area contributed by atoms with Gasteiger partial charge in [-0.15, -0.1) is 0 Å². The van der Waals surface area contributed by atoms with Crippen LogP contribution in [0.25, 0.3) is 0 Å². The molecule has 0 saturated heterocycles. The van der Waals surface area contributed by atoms with Crippen molar-refractivity contribution in [3.05, 3.63) is 35.9 Å². The number of carbonyl (C=O) groups excluding carboxylic acids is 1. The van der Waals surface area contributed by atoms with E-state index in [0.29, 0.717) is 6.42 Å². The topological polar surface area (TPSA) is 79.0 Å². The van der Waals surface area contributed by atoms with Gasteiger partial charge in [0.05, 0.1) is 12.0 Å². The molecule has 98 valence electrons. The number of carbonyl (C=O) groups is 1. The number of benzene rings is 1. The zero-order valence-corrected chi connectivity index (χ0v) is 10.9. The van der Waals surface area contributed by atoms with Crippen molar-refractivity contribution in [2.45, 2.75) is 32.7 Å². The Hall–Kier alpha value is -1.84. The highest BCUT2D eigenvalue weighted by Gasteiger charge is 2.22. The zero-order valence-electron chi connectivity index (χ0n) is 10.9. The van der Waals surface area contributed by atoms with Crippen LogP contribution in [-0.2, 0) is 4.79 Å². The molecule has 0 bridgehead atoms. The highest BCUT2D eigenvalue weighted by molar-refractivity contribution is 6.00. The van der Waals surface area contributed by atoms with E-state index in [0.717, 1.165) is 12.0 Å². The summed E-state index contributed by atoms with van der Waals surface area (Å²) in [5.74, 6) is -0.763. The maximum Gasteiger partial charge on any atom is 0.231 e. The van der Waals surface area contributed by atoms with Crippen LogP contribution in [0.2, 0.25) is 0 Å². The normalized spacial score (nSPS) is 13.7. The minimum absolute atomic E-state index is 0.0212. The van der Waals surface area contributed by atoms with Gasteiger partial charge >= 0.3 is 0 Å². The summed E-state index contributed by atoms with van der Waals surface area (Å²) in [5, 5.41) is 10.4. The maximum absolute atomic E-state index is 12.0. The van der Waals surface area contributed by atoms with Crippen molar-refractivity contribution in [2.24, 2.45) is 11.7 Å². The Balaban J connectivity index is 2.75. The molecule has 0 aromatic heterocycles. The molecule has 4 nitrogen and oxygen atoms in total. The third-order valence-corrected chi connectivity index (χ3v) is 3.03. The molecule has 1 aromatic rings. The lowest BCUT2D eigenvalue weighted by molar-refractivity contribution is -0.123. The lowest BCUT2D eigenvalue weighted by Crippen LogP contribution is -2.39. The highest BCUT2D eigenvalue weighted by Crippen LogP contribution is 2.17. The van der Waals surface area contributed by atoms with E-state index in [9.17, 15) is 4.79 Å². The number of rotatable bonds is 6. The predicted octanol–water partition coefficient (Wildman–Crippen LogP) is 2.22. The van der Waals surface area contributed by atoms with Crippen molar-refractivity contribution < 1.29 is 4.79 Å². The number of nitrogens with one attached hydrogen (secondary N) is 2. The molecule has 0 fully saturated rings. The highest BCUT2D eigenvalue weighted by atomic mass is 16.2. The van der Waals surface area contributed by atoms with Gasteiger partial charge in [-0.25, -0.2) is 0 Å². The third kappa shape index (κ3) is 3.58. The summed E-state index contributed by atoms with van der Waals surface area (Å²) in [6.45, 7) is 3.88. The SMILES string of the molecule is CC[C@@H](C(=N)N)C(=O)N[C@@H](CC)c1ccccc1. The summed E-state index contributed by atoms with van der Waals surface area (Å²) in [5.41, 5.74) is 6.50. The van der Waals surface area contributed by atoms with Gasteiger partial charge < -0.3 is 11.1 Å². The summed E-state index contributed by atoms with van der Waals surface area (Å²) in [7, 11) is 0. The molecule has 1 rings (SSSR count). The fraction of sp³-hybridized carbons (Fsp3) is 0.429. The Morgan fingerprint density at radius 1 is 1.28 bits per heavy atom. The van der Waals surface area contributed by atoms with Crippen LogP contribution in [0.5, 0.6) is 0 Å². The molecule has 0 radical (unpaired) electrons. The summed E-state index contributed by atoms with van der Waals surface area (Å²) in [6.07, 6.45) is 1.36. The predicted molar refractivity (Wildman–Crippen MR) is 73.3 cm³/mol. The average Bonchev–Trinajstić information content (AvgIpc) is 2.37. The fourth-order valence-corrected chi connectivity index (χ4v) is 1.93. The molecule has 0 heterocycles. The smallest absolute Gasteiger partial charge is 0.231 e. The number of hydrogen-bond acceptors (Lipinski definition) is 2. The van der Waals surface area contributed by atoms with E-state index < -0.39 is 5.92 Å². The summed E-state index contributed by atoms with van der Waals surface area (Å²) in [4.78, 5) is 12.0. The van der Waals surface area contributed by atoms with Crippen LogP contribution in [0.3, 0.4) is 0 Å². The first-order valence-electron chi connectivity index (χ1n) is 6.29. The molecule has 18 heavy (non-hydrogen) atoms. The Bertz CT molecular complexity index is 403. The van der Waals surface area contributed by atoms with Gasteiger partial charge in [-0.05, 0) is 18.4 Å². The lowest BCUT2D eigenvalue weighted by Gasteiger charge is -2.21. The lowest BCUT2D eigenvalue weighted by atomic mass is 10.0. The van der Waals surface area contributed by atoms with Gasteiger partial charge in [0, 0.05) is 0 Å². The summed E-state index contributed by atoms with van der Waals surface area (Å²) < 4.78 is 0. The van der Waals surface area contributed by atoms with E-state index >= 15 is 0 Å². The Morgan fingerprint density at radius 3 is 2.33 bits per heavy atom. The van der Waals surface area contributed by atoms with Crippen molar-refractivity contribution in [3.63, 3.8) is 0 Å². The largest absolute Gasteiger partial charge is 0.387 e. The van der Waals surface area contributed by atoms with Crippen LogP contribution in [0.4, 0.5) is 0 Å². The molecule has 0 aliphatic rings. The van der Waals surface area contributed by atoms with Crippen LogP contribution >= 0.6 is 0 Å². The van der Waals surface area contributed by atoms with Crippen molar-refractivity contribution in [1.29, 1.82) is 5.41 Å². The van der Waals surface area contributed by atoms with Gasteiger partial charge in [-0.1, -0.05) is 44.2 Å². The second-order valence-electron chi connectivity index (χ2n) is 4.30. The minimum atomic E-state index is -0.525. The first-order valence-corrected chi connectivity index (χ1v) is 6.29. The molecule has 1 amide bonds. The van der Waals surface area contributed by atoms with Crippen LogP contribution in [0.1, 0.15) is 38.3 Å². The number of amides is 1. The standard InChI is InChI=1S/C14H21N3O/c1-3-11(13(15)16)14(18)17-12(4-2)10-8-6-5-7-9-10/h5-9,11-12H,3-4H2,1-2H3,(H3,15,16)(H,17,18)/t11-,12-/m0/s1. The van der Waals surface area contributed by atoms with Gasteiger partial charge in [-0.2, -0.15) is 0 Å². The Morgan fingerprint density at radius 2 is 1.89 bits per heavy atom. The summed E-state index contributed by atoms with van der Waals surface area (Å²) in [6, 6.07) is 9.81. The van der Waals surface area contributed by atoms with E-state index in [1.165, 1.54) is 0 Å². The van der Waals surface area contributed by atoms with Gasteiger partial charge in [0.2, 0.25) is 5.91 Å². The van der Waals surface area contributed by atoms with Gasteiger partial charge in [-0.3, -0.25) is 10.2 Å². The number of amidine groups is 1. The molecule has 4 heteroatoms. The molecule has 0 spiro atoms. The van der Waals surface area contributed by atoms with Crippen LogP contribution in [0, 0.1) is 11.3 Å². The molecule has 0 saturated carbocycles. The van der Waals surface area contributed by atoms with Crippen molar-refractivity contribution >= 4 is 11.7 Å². The first kappa shape index (κ1) is 14.2. The monoisotopic (exact) mass is 247 g/mol. The maximum atomic E-state index is 12.0. The van der Waals surface area contributed by atoms with Crippen molar-refractivity contribution in [2.75, 3.05) is 0 Å².